The molecular weight excluding hydrogens is 271 g/mol. The van der Waals surface area contributed by atoms with Gasteiger partial charge in [0.15, 0.2) is 0 Å². The first-order chi connectivity index (χ1) is 9.75. The minimum absolute atomic E-state index is 0.0395. The first-order valence-corrected chi connectivity index (χ1v) is 7.88. The van der Waals surface area contributed by atoms with Crippen molar-refractivity contribution in [2.75, 3.05) is 26.2 Å². The van der Waals surface area contributed by atoms with Gasteiger partial charge < -0.3 is 5.32 Å². The Morgan fingerprint density at radius 2 is 2.05 bits per heavy atom. The molecule has 1 aliphatic rings. The highest BCUT2D eigenvalue weighted by Crippen LogP contribution is 2.33. The summed E-state index contributed by atoms with van der Waals surface area (Å²) >= 11 is 1.70. The molecule has 2 nitrogen and oxygen atoms in total. The van der Waals surface area contributed by atoms with Gasteiger partial charge in [-0.05, 0) is 30.0 Å². The lowest BCUT2D eigenvalue weighted by molar-refractivity contribution is 0.197. The maximum atomic E-state index is 14.4. The molecule has 0 unspecified atom stereocenters. The van der Waals surface area contributed by atoms with Crippen LogP contribution in [0.15, 0.2) is 35.7 Å². The third kappa shape index (κ3) is 2.77. The molecule has 4 heteroatoms. The maximum absolute atomic E-state index is 14.4. The fourth-order valence-electron chi connectivity index (χ4n) is 2.77. The molecule has 20 heavy (non-hydrogen) atoms. The van der Waals surface area contributed by atoms with Crippen molar-refractivity contribution < 1.29 is 4.39 Å². The van der Waals surface area contributed by atoms with Crippen molar-refractivity contribution in [2.24, 2.45) is 0 Å². The number of rotatable bonds is 3. The SMILES string of the molecule is Cc1ccc([C@H](c2cccs2)N2CCNCC2)c(F)c1. The number of hydrogen-bond donors (Lipinski definition) is 1. The van der Waals surface area contributed by atoms with Gasteiger partial charge in [0, 0.05) is 36.6 Å². The van der Waals surface area contributed by atoms with Crippen LogP contribution in [-0.4, -0.2) is 31.1 Å². The summed E-state index contributed by atoms with van der Waals surface area (Å²) in [7, 11) is 0. The summed E-state index contributed by atoms with van der Waals surface area (Å²) in [4.78, 5) is 3.59. The van der Waals surface area contributed by atoms with E-state index in [1.54, 1.807) is 17.4 Å². The zero-order chi connectivity index (χ0) is 13.9. The number of nitrogens with zero attached hydrogens (tertiary/aromatic N) is 1. The molecule has 1 aromatic heterocycles. The fourth-order valence-corrected chi connectivity index (χ4v) is 3.65. The molecule has 0 aliphatic carbocycles. The first kappa shape index (κ1) is 13.7. The van der Waals surface area contributed by atoms with Crippen LogP contribution in [0.25, 0.3) is 0 Å². The number of aryl methyl sites for hydroxylation is 1. The molecule has 3 rings (SSSR count). The Morgan fingerprint density at radius 3 is 2.70 bits per heavy atom. The smallest absolute Gasteiger partial charge is 0.128 e. The number of nitrogens with one attached hydrogen (secondary N) is 1. The van der Waals surface area contributed by atoms with Gasteiger partial charge in [-0.25, -0.2) is 4.39 Å². The number of piperazine rings is 1. The summed E-state index contributed by atoms with van der Waals surface area (Å²) in [6, 6.07) is 9.77. The predicted octanol–water partition coefficient (Wildman–Crippen LogP) is 3.19. The molecule has 1 aliphatic heterocycles. The molecule has 1 aromatic carbocycles. The molecule has 1 atom stereocenters. The Bertz CT molecular complexity index is 562. The Labute approximate surface area is 123 Å². The zero-order valence-corrected chi connectivity index (χ0v) is 12.4. The van der Waals surface area contributed by atoms with Crippen LogP contribution in [0.4, 0.5) is 4.39 Å². The third-order valence-corrected chi connectivity index (χ3v) is 4.70. The first-order valence-electron chi connectivity index (χ1n) is 7.00. The van der Waals surface area contributed by atoms with Crippen molar-refractivity contribution in [3.05, 3.63) is 57.5 Å². The van der Waals surface area contributed by atoms with Crippen LogP contribution in [0.1, 0.15) is 22.0 Å². The van der Waals surface area contributed by atoms with Crippen LogP contribution in [0.3, 0.4) is 0 Å². The molecular formula is C16H19FN2S. The van der Waals surface area contributed by atoms with Gasteiger partial charge >= 0.3 is 0 Å². The summed E-state index contributed by atoms with van der Waals surface area (Å²) in [5.41, 5.74) is 1.76. The Morgan fingerprint density at radius 1 is 1.25 bits per heavy atom. The molecule has 2 heterocycles. The van der Waals surface area contributed by atoms with Crippen LogP contribution in [0, 0.1) is 12.7 Å². The monoisotopic (exact) mass is 290 g/mol. The van der Waals surface area contributed by atoms with Crippen LogP contribution < -0.4 is 5.32 Å². The normalized spacial score (nSPS) is 18.1. The molecule has 0 amide bonds. The van der Waals surface area contributed by atoms with E-state index in [9.17, 15) is 4.39 Å². The zero-order valence-electron chi connectivity index (χ0n) is 11.6. The highest BCUT2D eigenvalue weighted by molar-refractivity contribution is 7.10. The van der Waals surface area contributed by atoms with Gasteiger partial charge in [-0.3, -0.25) is 4.90 Å². The number of halogens is 1. The van der Waals surface area contributed by atoms with Crippen LogP contribution in [-0.2, 0) is 0 Å². The number of benzene rings is 1. The summed E-state index contributed by atoms with van der Waals surface area (Å²) < 4.78 is 14.4. The molecule has 0 bridgehead atoms. The average molecular weight is 290 g/mol. The van der Waals surface area contributed by atoms with E-state index >= 15 is 0 Å². The van der Waals surface area contributed by atoms with E-state index in [1.165, 1.54) is 4.88 Å². The molecule has 1 saturated heterocycles. The van der Waals surface area contributed by atoms with Crippen molar-refractivity contribution in [3.63, 3.8) is 0 Å². The molecule has 1 N–H and O–H groups in total. The Kier molecular flexibility index (Phi) is 4.15. The Balaban J connectivity index is 2.00. The van der Waals surface area contributed by atoms with E-state index < -0.39 is 0 Å². The van der Waals surface area contributed by atoms with E-state index in [4.69, 9.17) is 0 Å². The van der Waals surface area contributed by atoms with E-state index in [0.29, 0.717) is 0 Å². The minimum atomic E-state index is -0.0954. The van der Waals surface area contributed by atoms with E-state index in [1.807, 2.05) is 25.1 Å². The lowest BCUT2D eigenvalue weighted by atomic mass is 10.0. The number of hydrogen-bond acceptors (Lipinski definition) is 3. The van der Waals surface area contributed by atoms with Crippen molar-refractivity contribution >= 4 is 11.3 Å². The highest BCUT2D eigenvalue weighted by Gasteiger charge is 2.26. The molecule has 0 spiro atoms. The van der Waals surface area contributed by atoms with Crippen molar-refractivity contribution in [3.8, 4) is 0 Å². The van der Waals surface area contributed by atoms with Crippen molar-refractivity contribution in [1.82, 2.24) is 10.2 Å². The van der Waals surface area contributed by atoms with Crippen LogP contribution in [0.5, 0.6) is 0 Å². The standard InChI is InChI=1S/C16H19FN2S/c1-12-4-5-13(14(17)11-12)16(15-3-2-10-20-15)19-8-6-18-7-9-19/h2-5,10-11,16,18H,6-9H2,1H3/t16-/m1/s1. The maximum Gasteiger partial charge on any atom is 0.128 e. The highest BCUT2D eigenvalue weighted by atomic mass is 32.1. The van der Waals surface area contributed by atoms with Crippen molar-refractivity contribution in [2.45, 2.75) is 13.0 Å². The summed E-state index contributed by atoms with van der Waals surface area (Å²) in [5.74, 6) is -0.0954. The molecule has 2 aromatic rings. The second-order valence-electron chi connectivity index (χ2n) is 5.23. The molecule has 0 saturated carbocycles. The van der Waals surface area contributed by atoms with Crippen molar-refractivity contribution in [1.29, 1.82) is 0 Å². The van der Waals surface area contributed by atoms with E-state index in [2.05, 4.69) is 21.7 Å². The molecule has 0 radical (unpaired) electrons. The van der Waals surface area contributed by atoms with E-state index in [-0.39, 0.29) is 11.9 Å². The minimum Gasteiger partial charge on any atom is -0.314 e. The second kappa shape index (κ2) is 6.04. The average Bonchev–Trinajstić information content (AvgIpc) is 2.97. The molecule has 1 fully saturated rings. The molecule has 106 valence electrons. The largest absolute Gasteiger partial charge is 0.314 e. The van der Waals surface area contributed by atoms with Gasteiger partial charge in [-0.15, -0.1) is 11.3 Å². The van der Waals surface area contributed by atoms with Crippen LogP contribution >= 0.6 is 11.3 Å². The topological polar surface area (TPSA) is 15.3 Å². The predicted molar refractivity (Wildman–Crippen MR) is 81.7 cm³/mol. The lowest BCUT2D eigenvalue weighted by Crippen LogP contribution is -2.45. The summed E-state index contributed by atoms with van der Waals surface area (Å²) in [6.45, 7) is 5.77. The fraction of sp³-hybridized carbons (Fsp3) is 0.375. The van der Waals surface area contributed by atoms with Crippen LogP contribution in [0.2, 0.25) is 0 Å². The number of thiophene rings is 1. The van der Waals surface area contributed by atoms with Gasteiger partial charge in [-0.2, -0.15) is 0 Å². The van der Waals surface area contributed by atoms with E-state index in [0.717, 1.165) is 37.3 Å². The quantitative estimate of drug-likeness (QED) is 0.934. The lowest BCUT2D eigenvalue weighted by Gasteiger charge is -2.35. The third-order valence-electron chi connectivity index (χ3n) is 3.78. The van der Waals surface area contributed by atoms with Gasteiger partial charge in [0.1, 0.15) is 5.82 Å². The van der Waals surface area contributed by atoms with Gasteiger partial charge in [0.25, 0.3) is 0 Å². The summed E-state index contributed by atoms with van der Waals surface area (Å²) in [5, 5.41) is 5.42. The van der Waals surface area contributed by atoms with Gasteiger partial charge in [-0.1, -0.05) is 18.2 Å². The van der Waals surface area contributed by atoms with Gasteiger partial charge in [0.2, 0.25) is 0 Å². The summed E-state index contributed by atoms with van der Waals surface area (Å²) in [6.07, 6.45) is 0. The Hall–Kier alpha value is -1.23. The van der Waals surface area contributed by atoms with Gasteiger partial charge in [0.05, 0.1) is 6.04 Å². The second-order valence-corrected chi connectivity index (χ2v) is 6.21.